The van der Waals surface area contributed by atoms with E-state index < -0.39 is 17.3 Å². The molecule has 7 nitrogen and oxygen atoms in total. The SMILES string of the molecule is CCOC(=O)C1=C(N)N(c2ccc(C)c(Cl)c2)C2=C(C(=O)CC(C)(C)C2)C12C(=O)Nc1ccccc12. The molecular weight excluding hydrogens is 478 g/mol. The summed E-state index contributed by atoms with van der Waals surface area (Å²) in [5, 5.41) is 3.41. The third kappa shape index (κ3) is 3.29. The van der Waals surface area contributed by atoms with Gasteiger partial charge >= 0.3 is 5.97 Å². The van der Waals surface area contributed by atoms with Gasteiger partial charge in [0.05, 0.1) is 6.61 Å². The van der Waals surface area contributed by atoms with E-state index in [1.807, 2.05) is 32.9 Å². The molecule has 8 heteroatoms. The minimum Gasteiger partial charge on any atom is -0.462 e. The lowest BCUT2D eigenvalue weighted by atomic mass is 9.60. The summed E-state index contributed by atoms with van der Waals surface area (Å²) in [5.74, 6) is -1.39. The fraction of sp³-hybridized carbons (Fsp3) is 0.321. The molecular formula is C28H28ClN3O4. The number of fused-ring (bicyclic) bond motifs is 3. The number of carbonyl (C=O) groups excluding carboxylic acids is 3. The Labute approximate surface area is 214 Å². The number of halogens is 1. The third-order valence-corrected chi connectivity index (χ3v) is 7.59. The lowest BCUT2D eigenvalue weighted by molar-refractivity contribution is -0.140. The monoisotopic (exact) mass is 505 g/mol. The number of esters is 1. The van der Waals surface area contributed by atoms with Crippen molar-refractivity contribution in [2.24, 2.45) is 11.1 Å². The molecule has 1 unspecified atom stereocenters. The number of hydrogen-bond acceptors (Lipinski definition) is 6. The number of nitrogens with two attached hydrogens (primary N) is 1. The summed E-state index contributed by atoms with van der Waals surface area (Å²) < 4.78 is 5.44. The van der Waals surface area contributed by atoms with Crippen molar-refractivity contribution in [3.8, 4) is 0 Å². The fourth-order valence-electron chi connectivity index (χ4n) is 5.71. The zero-order valence-corrected chi connectivity index (χ0v) is 21.5. The van der Waals surface area contributed by atoms with E-state index in [2.05, 4.69) is 5.32 Å². The number of nitrogens with zero attached hydrogens (tertiary/aromatic N) is 1. The highest BCUT2D eigenvalue weighted by molar-refractivity contribution is 6.31. The topological polar surface area (TPSA) is 102 Å². The molecule has 2 aliphatic heterocycles. The molecule has 2 aromatic carbocycles. The van der Waals surface area contributed by atoms with Gasteiger partial charge in [0.15, 0.2) is 5.78 Å². The van der Waals surface area contributed by atoms with Gasteiger partial charge in [-0.15, -0.1) is 0 Å². The van der Waals surface area contributed by atoms with Gasteiger partial charge in [-0.3, -0.25) is 14.5 Å². The Morgan fingerprint density at radius 1 is 1.17 bits per heavy atom. The van der Waals surface area contributed by atoms with Crippen LogP contribution in [0.25, 0.3) is 0 Å². The molecule has 2 aromatic rings. The number of amides is 1. The molecule has 0 fully saturated rings. The second-order valence-electron chi connectivity index (χ2n) is 10.3. The first-order valence-corrected chi connectivity index (χ1v) is 12.3. The number of para-hydroxylation sites is 1. The van der Waals surface area contributed by atoms with E-state index in [0.29, 0.717) is 34.1 Å². The number of nitrogens with one attached hydrogen (secondary N) is 1. The summed E-state index contributed by atoms with van der Waals surface area (Å²) in [4.78, 5) is 43.2. The lowest BCUT2D eigenvalue weighted by Crippen LogP contribution is -2.54. The van der Waals surface area contributed by atoms with Crippen LogP contribution >= 0.6 is 11.6 Å². The Hall–Kier alpha value is -3.58. The first-order valence-electron chi connectivity index (χ1n) is 11.9. The molecule has 2 heterocycles. The van der Waals surface area contributed by atoms with Crippen LogP contribution in [0.1, 0.15) is 44.7 Å². The molecule has 5 rings (SSSR count). The predicted molar refractivity (Wildman–Crippen MR) is 138 cm³/mol. The van der Waals surface area contributed by atoms with Crippen LogP contribution in [0, 0.1) is 12.3 Å². The van der Waals surface area contributed by atoms with Gasteiger partial charge in [0, 0.05) is 39.7 Å². The first kappa shape index (κ1) is 24.1. The minimum absolute atomic E-state index is 0.0458. The Kier molecular flexibility index (Phi) is 5.52. The van der Waals surface area contributed by atoms with Gasteiger partial charge in [-0.1, -0.05) is 49.7 Å². The number of anilines is 2. The molecule has 1 aliphatic carbocycles. The fourth-order valence-corrected chi connectivity index (χ4v) is 5.88. The number of rotatable bonds is 3. The quantitative estimate of drug-likeness (QED) is 0.584. The molecule has 1 spiro atoms. The molecule has 0 saturated heterocycles. The van der Waals surface area contributed by atoms with Crippen molar-refractivity contribution in [3.63, 3.8) is 0 Å². The number of ether oxygens (including phenoxy) is 1. The van der Waals surface area contributed by atoms with E-state index >= 15 is 0 Å². The number of Topliss-reactive ketones (excluding diaryl/α,β-unsaturated/α-hetero) is 1. The van der Waals surface area contributed by atoms with Crippen molar-refractivity contribution < 1.29 is 19.1 Å². The molecule has 36 heavy (non-hydrogen) atoms. The Morgan fingerprint density at radius 3 is 2.58 bits per heavy atom. The summed E-state index contributed by atoms with van der Waals surface area (Å²) in [7, 11) is 0. The normalized spacial score (nSPS) is 22.5. The molecule has 0 bridgehead atoms. The van der Waals surface area contributed by atoms with Crippen LogP contribution in [0.4, 0.5) is 11.4 Å². The molecule has 0 aromatic heterocycles. The minimum atomic E-state index is -1.71. The van der Waals surface area contributed by atoms with Gasteiger partial charge in [-0.05, 0) is 49.4 Å². The number of ketones is 1. The summed E-state index contributed by atoms with van der Waals surface area (Å²) in [6, 6.07) is 12.5. The molecule has 3 N–H and O–H groups in total. The number of allylic oxidation sites excluding steroid dienone is 1. The number of benzene rings is 2. The Morgan fingerprint density at radius 2 is 1.89 bits per heavy atom. The summed E-state index contributed by atoms with van der Waals surface area (Å²) in [5.41, 5.74) is 8.05. The van der Waals surface area contributed by atoms with Gasteiger partial charge in [-0.2, -0.15) is 0 Å². The zero-order valence-electron chi connectivity index (χ0n) is 20.7. The van der Waals surface area contributed by atoms with Crippen LogP contribution in [-0.4, -0.2) is 24.3 Å². The average molecular weight is 506 g/mol. The van der Waals surface area contributed by atoms with E-state index in [-0.39, 0.29) is 41.2 Å². The highest BCUT2D eigenvalue weighted by atomic mass is 35.5. The van der Waals surface area contributed by atoms with Crippen molar-refractivity contribution in [3.05, 3.63) is 81.3 Å². The van der Waals surface area contributed by atoms with E-state index in [0.717, 1.165) is 5.56 Å². The van der Waals surface area contributed by atoms with Crippen molar-refractivity contribution in [2.75, 3.05) is 16.8 Å². The summed E-state index contributed by atoms with van der Waals surface area (Å²) >= 11 is 6.48. The molecule has 186 valence electrons. The first-order chi connectivity index (χ1) is 17.0. The van der Waals surface area contributed by atoms with Crippen LogP contribution in [0.5, 0.6) is 0 Å². The van der Waals surface area contributed by atoms with Crippen LogP contribution in [0.15, 0.2) is 65.1 Å². The van der Waals surface area contributed by atoms with Crippen molar-refractivity contribution >= 4 is 40.6 Å². The number of hydrogen-bond donors (Lipinski definition) is 2. The van der Waals surface area contributed by atoms with Crippen molar-refractivity contribution in [2.45, 2.75) is 46.0 Å². The van der Waals surface area contributed by atoms with Gasteiger partial charge in [-0.25, -0.2) is 4.79 Å². The highest BCUT2D eigenvalue weighted by Gasteiger charge is 2.62. The lowest BCUT2D eigenvalue weighted by Gasteiger charge is -2.47. The second-order valence-corrected chi connectivity index (χ2v) is 10.7. The number of carbonyl (C=O) groups is 3. The Balaban J connectivity index is 1.92. The highest BCUT2D eigenvalue weighted by Crippen LogP contribution is 2.57. The van der Waals surface area contributed by atoms with Crippen LogP contribution < -0.4 is 16.0 Å². The van der Waals surface area contributed by atoms with Gasteiger partial charge in [0.1, 0.15) is 16.8 Å². The molecule has 1 amide bonds. The van der Waals surface area contributed by atoms with Crippen LogP contribution in [0.3, 0.4) is 0 Å². The van der Waals surface area contributed by atoms with E-state index in [1.54, 1.807) is 42.2 Å². The summed E-state index contributed by atoms with van der Waals surface area (Å²) in [6.45, 7) is 7.66. The maximum absolute atomic E-state index is 14.0. The molecule has 0 saturated carbocycles. The zero-order chi connectivity index (χ0) is 26.0. The van der Waals surface area contributed by atoms with E-state index in [4.69, 9.17) is 22.1 Å². The van der Waals surface area contributed by atoms with Gasteiger partial charge in [0.25, 0.3) is 0 Å². The molecule has 1 atom stereocenters. The Bertz CT molecular complexity index is 1410. The summed E-state index contributed by atoms with van der Waals surface area (Å²) in [6.07, 6.45) is 0.690. The maximum atomic E-state index is 14.0. The average Bonchev–Trinajstić information content (AvgIpc) is 3.07. The van der Waals surface area contributed by atoms with Crippen LogP contribution in [-0.2, 0) is 24.5 Å². The molecule has 3 aliphatic rings. The second kappa shape index (κ2) is 8.23. The molecule has 0 radical (unpaired) electrons. The van der Waals surface area contributed by atoms with Crippen molar-refractivity contribution in [1.29, 1.82) is 0 Å². The van der Waals surface area contributed by atoms with Crippen LogP contribution in [0.2, 0.25) is 5.02 Å². The van der Waals surface area contributed by atoms with Gasteiger partial charge < -0.3 is 15.8 Å². The van der Waals surface area contributed by atoms with Crippen molar-refractivity contribution in [1.82, 2.24) is 0 Å². The predicted octanol–water partition coefficient (Wildman–Crippen LogP) is 4.74. The third-order valence-electron chi connectivity index (χ3n) is 7.18. The van der Waals surface area contributed by atoms with Gasteiger partial charge in [0.2, 0.25) is 5.91 Å². The maximum Gasteiger partial charge on any atom is 0.339 e. The standard InChI is InChI=1S/C28H28ClN3O4/c1-5-36-25(34)23-24(30)32(16-11-10-15(2)18(29)12-16)20-13-27(3,4)14-21(33)22(20)28(23)17-8-6-7-9-19(17)31-26(28)35/h6-12H,5,13-14,30H2,1-4H3,(H,31,35). The van der Waals surface area contributed by atoms with E-state index in [9.17, 15) is 14.4 Å². The largest absolute Gasteiger partial charge is 0.462 e. The number of aryl methyl sites for hydroxylation is 1. The smallest absolute Gasteiger partial charge is 0.339 e. The van der Waals surface area contributed by atoms with E-state index in [1.165, 1.54) is 0 Å².